The van der Waals surface area contributed by atoms with Crippen molar-refractivity contribution in [1.82, 2.24) is 19.6 Å². The molecule has 11 heteroatoms. The molecule has 2 aromatic carbocycles. The quantitative estimate of drug-likeness (QED) is 0.329. The maximum absolute atomic E-state index is 12.5. The fourth-order valence-electron chi connectivity index (χ4n) is 2.83. The number of halogens is 4. The normalized spacial score (nSPS) is 10.9. The Morgan fingerprint density at radius 1 is 0.906 bits per heavy atom. The zero-order chi connectivity index (χ0) is 22.7. The number of ether oxygens (including phenoxy) is 1. The molecule has 2 aromatic heterocycles. The average Bonchev–Trinajstić information content (AvgIpc) is 3.39. The zero-order valence-corrected chi connectivity index (χ0v) is 19.3. The van der Waals surface area contributed by atoms with E-state index in [0.29, 0.717) is 38.2 Å². The molecule has 1 N–H and O–H groups in total. The van der Waals surface area contributed by atoms with E-state index in [1.54, 1.807) is 59.5 Å². The van der Waals surface area contributed by atoms with Crippen LogP contribution in [0, 0.1) is 0 Å². The lowest BCUT2D eigenvalue weighted by Gasteiger charge is -2.09. The summed E-state index contributed by atoms with van der Waals surface area (Å²) in [7, 11) is 0. The van der Waals surface area contributed by atoms with E-state index in [9.17, 15) is 4.79 Å². The first-order chi connectivity index (χ1) is 15.4. The SMILES string of the molecule is O=C(Nc1ccn(Cc2ccc(Cl)cc2Cl)n1)c1ccn(COc2c(Cl)cccc2Cl)n1. The molecule has 0 aliphatic rings. The van der Waals surface area contributed by atoms with E-state index < -0.39 is 5.91 Å². The highest BCUT2D eigenvalue weighted by Crippen LogP contribution is 2.32. The fourth-order valence-corrected chi connectivity index (χ4v) is 3.80. The molecular weight excluding hydrogens is 496 g/mol. The number of nitrogens with zero attached hydrogens (tertiary/aromatic N) is 4. The van der Waals surface area contributed by atoms with Gasteiger partial charge in [-0.15, -0.1) is 0 Å². The highest BCUT2D eigenvalue weighted by atomic mass is 35.5. The molecule has 32 heavy (non-hydrogen) atoms. The number of anilines is 1. The molecule has 1 amide bonds. The van der Waals surface area contributed by atoms with E-state index in [1.807, 2.05) is 6.07 Å². The lowest BCUT2D eigenvalue weighted by molar-refractivity contribution is 0.101. The number of benzene rings is 2. The highest BCUT2D eigenvalue weighted by Gasteiger charge is 2.13. The highest BCUT2D eigenvalue weighted by molar-refractivity contribution is 6.37. The number of nitrogens with one attached hydrogen (secondary N) is 1. The Balaban J connectivity index is 1.36. The third kappa shape index (κ3) is 5.37. The van der Waals surface area contributed by atoms with Gasteiger partial charge >= 0.3 is 0 Å². The summed E-state index contributed by atoms with van der Waals surface area (Å²) in [6.45, 7) is 0.468. The summed E-state index contributed by atoms with van der Waals surface area (Å²) in [5, 5.41) is 13.1. The molecule has 0 saturated carbocycles. The number of amides is 1. The van der Waals surface area contributed by atoms with Crippen molar-refractivity contribution in [2.45, 2.75) is 13.3 Å². The molecule has 0 spiro atoms. The molecule has 0 aliphatic carbocycles. The van der Waals surface area contributed by atoms with Crippen LogP contribution in [0.3, 0.4) is 0 Å². The molecule has 0 radical (unpaired) electrons. The van der Waals surface area contributed by atoms with Crippen LogP contribution in [0.4, 0.5) is 5.82 Å². The van der Waals surface area contributed by atoms with Crippen LogP contribution in [-0.2, 0) is 13.3 Å². The van der Waals surface area contributed by atoms with Gasteiger partial charge in [0.05, 0.1) is 16.6 Å². The Labute approximate surface area is 203 Å². The third-order valence-corrected chi connectivity index (χ3v) is 5.55. The standard InChI is InChI=1S/C21H15Cl4N5O2/c22-14-5-4-13(17(25)10-14)11-29-9-7-19(28-29)26-21(31)18-6-8-30(27-18)12-32-20-15(23)2-1-3-16(20)24/h1-10H,11-12H2,(H,26,28,31). The number of hydrogen-bond donors (Lipinski definition) is 1. The monoisotopic (exact) mass is 509 g/mol. The van der Waals surface area contributed by atoms with Gasteiger partial charge in [-0.25, -0.2) is 4.68 Å². The molecule has 2 heterocycles. The summed E-state index contributed by atoms with van der Waals surface area (Å²) in [5.41, 5.74) is 1.06. The number of aromatic nitrogens is 4. The molecule has 0 atom stereocenters. The smallest absolute Gasteiger partial charge is 0.277 e. The second-order valence-corrected chi connectivity index (χ2v) is 8.31. The molecule has 0 fully saturated rings. The Hall–Kier alpha value is -2.71. The van der Waals surface area contributed by atoms with Crippen LogP contribution in [0.15, 0.2) is 60.9 Å². The molecule has 7 nitrogen and oxygen atoms in total. The van der Waals surface area contributed by atoms with E-state index in [0.717, 1.165) is 5.56 Å². The largest absolute Gasteiger partial charge is 0.468 e. The second kappa shape index (κ2) is 9.83. The Morgan fingerprint density at radius 3 is 2.41 bits per heavy atom. The van der Waals surface area contributed by atoms with Gasteiger partial charge in [0.15, 0.2) is 24.0 Å². The summed E-state index contributed by atoms with van der Waals surface area (Å²) < 4.78 is 8.72. The Morgan fingerprint density at radius 2 is 1.66 bits per heavy atom. The number of hydrogen-bond acceptors (Lipinski definition) is 4. The predicted octanol–water partition coefficient (Wildman–Crippen LogP) is 6.03. The van der Waals surface area contributed by atoms with Gasteiger partial charge in [-0.1, -0.05) is 58.5 Å². The summed E-state index contributed by atoms with van der Waals surface area (Å²) >= 11 is 24.3. The number of para-hydroxylation sites is 1. The van der Waals surface area contributed by atoms with E-state index in [1.165, 1.54) is 4.68 Å². The fraction of sp³-hybridized carbons (Fsp3) is 0.0952. The molecule has 164 valence electrons. The molecule has 0 unspecified atom stereocenters. The minimum absolute atomic E-state index is 0.0349. The summed E-state index contributed by atoms with van der Waals surface area (Å²) in [4.78, 5) is 12.5. The minimum Gasteiger partial charge on any atom is -0.468 e. The van der Waals surface area contributed by atoms with Crippen molar-refractivity contribution in [1.29, 1.82) is 0 Å². The maximum atomic E-state index is 12.5. The lowest BCUT2D eigenvalue weighted by atomic mass is 10.2. The summed E-state index contributed by atoms with van der Waals surface area (Å²) in [6, 6.07) is 13.6. The van der Waals surface area contributed by atoms with Crippen LogP contribution in [-0.4, -0.2) is 25.5 Å². The minimum atomic E-state index is -0.408. The zero-order valence-electron chi connectivity index (χ0n) is 16.3. The van der Waals surface area contributed by atoms with Gasteiger partial charge in [0.2, 0.25) is 0 Å². The van der Waals surface area contributed by atoms with E-state index in [4.69, 9.17) is 51.1 Å². The lowest BCUT2D eigenvalue weighted by Crippen LogP contribution is -2.15. The van der Waals surface area contributed by atoms with Crippen molar-refractivity contribution < 1.29 is 9.53 Å². The Bertz CT molecular complexity index is 1250. The van der Waals surface area contributed by atoms with Gasteiger partial charge in [-0.3, -0.25) is 9.48 Å². The molecule has 0 aliphatic heterocycles. The number of rotatable bonds is 7. The van der Waals surface area contributed by atoms with Crippen LogP contribution >= 0.6 is 46.4 Å². The summed E-state index contributed by atoms with van der Waals surface area (Å²) in [6.07, 6.45) is 3.35. The van der Waals surface area contributed by atoms with Crippen LogP contribution in [0.1, 0.15) is 16.1 Å². The van der Waals surface area contributed by atoms with Gasteiger partial charge in [-0.2, -0.15) is 10.2 Å². The summed E-state index contributed by atoms with van der Waals surface area (Å²) in [5.74, 6) is 0.326. The predicted molar refractivity (Wildman–Crippen MR) is 125 cm³/mol. The van der Waals surface area contributed by atoms with Gasteiger partial charge in [0.25, 0.3) is 5.91 Å². The first-order valence-electron chi connectivity index (χ1n) is 9.28. The first kappa shape index (κ1) is 22.5. The van der Waals surface area contributed by atoms with Crippen molar-refractivity contribution >= 4 is 58.1 Å². The van der Waals surface area contributed by atoms with E-state index >= 15 is 0 Å². The van der Waals surface area contributed by atoms with Crippen molar-refractivity contribution in [2.75, 3.05) is 5.32 Å². The third-order valence-electron chi connectivity index (χ3n) is 4.36. The van der Waals surface area contributed by atoms with Crippen LogP contribution in [0.5, 0.6) is 5.75 Å². The van der Waals surface area contributed by atoms with Crippen molar-refractivity contribution in [3.8, 4) is 5.75 Å². The van der Waals surface area contributed by atoms with Crippen LogP contribution in [0.25, 0.3) is 0 Å². The van der Waals surface area contributed by atoms with Crippen molar-refractivity contribution in [3.63, 3.8) is 0 Å². The van der Waals surface area contributed by atoms with Crippen molar-refractivity contribution in [2.24, 2.45) is 0 Å². The Kier molecular flexibility index (Phi) is 6.91. The molecule has 0 saturated heterocycles. The molecule has 0 bridgehead atoms. The van der Waals surface area contributed by atoms with E-state index in [-0.39, 0.29) is 12.4 Å². The molecule has 4 aromatic rings. The van der Waals surface area contributed by atoms with Gasteiger partial charge < -0.3 is 10.1 Å². The topological polar surface area (TPSA) is 74.0 Å². The van der Waals surface area contributed by atoms with Gasteiger partial charge in [0, 0.05) is 28.5 Å². The number of carbonyl (C=O) groups is 1. The van der Waals surface area contributed by atoms with Crippen molar-refractivity contribution in [3.05, 3.63) is 92.3 Å². The average molecular weight is 511 g/mol. The molecule has 4 rings (SSSR count). The maximum Gasteiger partial charge on any atom is 0.277 e. The van der Waals surface area contributed by atoms with Crippen LogP contribution in [0.2, 0.25) is 20.1 Å². The molecular formula is C21H15Cl4N5O2. The van der Waals surface area contributed by atoms with Crippen LogP contribution < -0.4 is 10.1 Å². The van der Waals surface area contributed by atoms with E-state index in [2.05, 4.69) is 15.5 Å². The van der Waals surface area contributed by atoms with Gasteiger partial charge in [-0.05, 0) is 35.9 Å². The first-order valence-corrected chi connectivity index (χ1v) is 10.8. The second-order valence-electron chi connectivity index (χ2n) is 6.65. The van der Waals surface area contributed by atoms with Gasteiger partial charge in [0.1, 0.15) is 0 Å². The number of carbonyl (C=O) groups excluding carboxylic acids is 1.